The fourth-order valence-electron chi connectivity index (χ4n) is 2.62. The number of nitrogens with one attached hydrogen (secondary N) is 1. The quantitative estimate of drug-likeness (QED) is 0.892. The third-order valence-corrected chi connectivity index (χ3v) is 5.94. The lowest BCUT2D eigenvalue weighted by atomic mass is 10.1. The molecule has 1 saturated carbocycles. The summed E-state index contributed by atoms with van der Waals surface area (Å²) in [6.07, 6.45) is -0.798. The van der Waals surface area contributed by atoms with Crippen molar-refractivity contribution in [2.75, 3.05) is 18.0 Å². The number of hydrogen-bond donors (Lipinski definition) is 1. The summed E-state index contributed by atoms with van der Waals surface area (Å²) >= 11 is 0. The number of hydrogen-bond acceptors (Lipinski definition) is 5. The van der Waals surface area contributed by atoms with Gasteiger partial charge in [-0.3, -0.25) is 0 Å². The Balaban J connectivity index is 1.71. The molecule has 1 aromatic rings. The Labute approximate surface area is 132 Å². The van der Waals surface area contributed by atoms with Crippen molar-refractivity contribution in [2.45, 2.75) is 43.2 Å². The van der Waals surface area contributed by atoms with E-state index in [1.165, 1.54) is 0 Å². The molecule has 0 aromatic carbocycles. The molecule has 6 nitrogen and oxygen atoms in total. The number of aromatic nitrogens is 2. The molecule has 0 bridgehead atoms. The van der Waals surface area contributed by atoms with E-state index < -0.39 is 21.9 Å². The summed E-state index contributed by atoms with van der Waals surface area (Å²) in [5.41, 5.74) is -0.997. The number of alkyl halides is 3. The van der Waals surface area contributed by atoms with E-state index in [0.29, 0.717) is 32.2 Å². The van der Waals surface area contributed by atoms with Gasteiger partial charge in [0.25, 0.3) is 0 Å². The lowest BCUT2D eigenvalue weighted by molar-refractivity contribution is -0.141. The minimum Gasteiger partial charge on any atom is -0.339 e. The van der Waals surface area contributed by atoms with Crippen LogP contribution >= 0.6 is 0 Å². The van der Waals surface area contributed by atoms with E-state index in [0.717, 1.165) is 12.3 Å². The van der Waals surface area contributed by atoms with Crippen molar-refractivity contribution < 1.29 is 21.6 Å². The van der Waals surface area contributed by atoms with Crippen LogP contribution in [0.3, 0.4) is 0 Å². The third kappa shape index (κ3) is 3.92. The molecule has 1 atom stereocenters. The lowest BCUT2D eigenvalue weighted by Gasteiger charge is -2.33. The van der Waals surface area contributed by atoms with E-state index in [1.54, 1.807) is 4.90 Å². The number of halogens is 3. The average Bonchev–Trinajstić information content (AvgIpc) is 3.31. The SMILES string of the molecule is O=S(=O)(NC1CCCN(c2nccc(C(F)(F)F)n2)C1)C1CC1. The largest absolute Gasteiger partial charge is 0.433 e. The molecule has 1 N–H and O–H groups in total. The second-order valence-electron chi connectivity index (χ2n) is 5.89. The minimum absolute atomic E-state index is 0.0184. The molecule has 1 unspecified atom stereocenters. The van der Waals surface area contributed by atoms with Crippen molar-refractivity contribution >= 4 is 16.0 Å². The highest BCUT2D eigenvalue weighted by atomic mass is 32.2. The molecule has 1 aromatic heterocycles. The smallest absolute Gasteiger partial charge is 0.339 e. The maximum atomic E-state index is 12.7. The molecule has 0 amide bonds. The van der Waals surface area contributed by atoms with Crippen molar-refractivity contribution in [1.29, 1.82) is 0 Å². The predicted octanol–water partition coefficient (Wildman–Crippen LogP) is 1.55. The highest BCUT2D eigenvalue weighted by molar-refractivity contribution is 7.90. The molecule has 128 valence electrons. The van der Waals surface area contributed by atoms with Crippen LogP contribution in [0.25, 0.3) is 0 Å². The first kappa shape index (κ1) is 16.4. The molecule has 0 spiro atoms. The van der Waals surface area contributed by atoms with E-state index in [9.17, 15) is 21.6 Å². The summed E-state index contributed by atoms with van der Waals surface area (Å²) in [5, 5.41) is -0.317. The van der Waals surface area contributed by atoms with Gasteiger partial charge in [-0.25, -0.2) is 23.1 Å². The van der Waals surface area contributed by atoms with Crippen LogP contribution in [-0.4, -0.2) is 42.8 Å². The summed E-state index contributed by atoms with van der Waals surface area (Å²) < 4.78 is 64.8. The van der Waals surface area contributed by atoms with Crippen molar-refractivity contribution in [3.63, 3.8) is 0 Å². The first-order chi connectivity index (χ1) is 10.8. The van der Waals surface area contributed by atoms with E-state index in [1.807, 2.05) is 0 Å². The molecule has 1 saturated heterocycles. The molecule has 2 fully saturated rings. The molecule has 0 radical (unpaired) electrons. The summed E-state index contributed by atoms with van der Waals surface area (Å²) in [6, 6.07) is 0.494. The Kier molecular flexibility index (Phi) is 4.21. The predicted molar refractivity (Wildman–Crippen MR) is 77.3 cm³/mol. The first-order valence-corrected chi connectivity index (χ1v) is 8.97. The van der Waals surface area contributed by atoms with Gasteiger partial charge in [0, 0.05) is 25.3 Å². The zero-order valence-electron chi connectivity index (χ0n) is 12.3. The highest BCUT2D eigenvalue weighted by Gasteiger charge is 2.38. The van der Waals surface area contributed by atoms with Gasteiger partial charge in [-0.05, 0) is 31.7 Å². The van der Waals surface area contributed by atoms with E-state index in [-0.39, 0.29) is 23.8 Å². The molecule has 23 heavy (non-hydrogen) atoms. The van der Waals surface area contributed by atoms with Crippen molar-refractivity contribution in [2.24, 2.45) is 0 Å². The Morgan fingerprint density at radius 2 is 2.00 bits per heavy atom. The zero-order valence-corrected chi connectivity index (χ0v) is 13.1. The van der Waals surface area contributed by atoms with Crippen LogP contribution in [0.2, 0.25) is 0 Å². The van der Waals surface area contributed by atoms with Crippen LogP contribution in [0.5, 0.6) is 0 Å². The molecule has 1 aliphatic heterocycles. The first-order valence-electron chi connectivity index (χ1n) is 7.42. The summed E-state index contributed by atoms with van der Waals surface area (Å²) in [7, 11) is -3.32. The number of piperidine rings is 1. The van der Waals surface area contributed by atoms with Crippen LogP contribution in [0.4, 0.5) is 19.1 Å². The van der Waals surface area contributed by atoms with Crippen molar-refractivity contribution in [3.8, 4) is 0 Å². The fraction of sp³-hybridized carbons (Fsp3) is 0.692. The molecule has 2 heterocycles. The van der Waals surface area contributed by atoms with Gasteiger partial charge < -0.3 is 4.90 Å². The van der Waals surface area contributed by atoms with E-state index >= 15 is 0 Å². The van der Waals surface area contributed by atoms with Crippen LogP contribution < -0.4 is 9.62 Å². The summed E-state index contributed by atoms with van der Waals surface area (Å²) in [6.45, 7) is 0.774. The zero-order chi connectivity index (χ0) is 16.7. The fourth-order valence-corrected chi connectivity index (χ4v) is 4.23. The van der Waals surface area contributed by atoms with Gasteiger partial charge in [-0.15, -0.1) is 0 Å². The summed E-state index contributed by atoms with van der Waals surface area (Å²) in [5.74, 6) is -0.0184. The molecule has 1 aliphatic carbocycles. The standard InChI is InChI=1S/C13H17F3N4O2S/c14-13(15,16)11-5-6-17-12(18-11)20-7-1-2-9(8-20)19-23(21,22)10-3-4-10/h5-6,9-10,19H,1-4,7-8H2. The van der Waals surface area contributed by atoms with Gasteiger partial charge in [0.1, 0.15) is 5.69 Å². The maximum absolute atomic E-state index is 12.7. The molecule has 10 heteroatoms. The maximum Gasteiger partial charge on any atom is 0.433 e. The third-order valence-electron chi connectivity index (χ3n) is 3.93. The Hall–Kier alpha value is -1.42. The molecule has 3 rings (SSSR count). The molecule has 2 aliphatic rings. The lowest BCUT2D eigenvalue weighted by Crippen LogP contribution is -2.49. The minimum atomic E-state index is -4.53. The Bertz CT molecular complexity index is 676. The van der Waals surface area contributed by atoms with Gasteiger partial charge >= 0.3 is 6.18 Å². The normalized spacial score (nSPS) is 23.1. The number of rotatable bonds is 4. The van der Waals surface area contributed by atoms with Gasteiger partial charge in [-0.1, -0.05) is 0 Å². The molecular weight excluding hydrogens is 333 g/mol. The van der Waals surface area contributed by atoms with Gasteiger partial charge in [-0.2, -0.15) is 13.2 Å². The number of sulfonamides is 1. The van der Waals surface area contributed by atoms with Gasteiger partial charge in [0.2, 0.25) is 16.0 Å². The van der Waals surface area contributed by atoms with E-state index in [2.05, 4.69) is 14.7 Å². The van der Waals surface area contributed by atoms with Crippen LogP contribution in [0, 0.1) is 0 Å². The van der Waals surface area contributed by atoms with Gasteiger partial charge in [0.15, 0.2) is 0 Å². The van der Waals surface area contributed by atoms with Gasteiger partial charge in [0.05, 0.1) is 5.25 Å². The monoisotopic (exact) mass is 350 g/mol. The topological polar surface area (TPSA) is 75.2 Å². The van der Waals surface area contributed by atoms with Crippen molar-refractivity contribution in [3.05, 3.63) is 18.0 Å². The second-order valence-corrected chi connectivity index (χ2v) is 7.88. The Morgan fingerprint density at radius 3 is 2.65 bits per heavy atom. The Morgan fingerprint density at radius 1 is 1.26 bits per heavy atom. The number of nitrogens with zero attached hydrogens (tertiary/aromatic N) is 3. The average molecular weight is 350 g/mol. The highest BCUT2D eigenvalue weighted by Crippen LogP contribution is 2.30. The second kappa shape index (κ2) is 5.90. The van der Waals surface area contributed by atoms with Crippen LogP contribution in [-0.2, 0) is 16.2 Å². The van der Waals surface area contributed by atoms with Crippen molar-refractivity contribution in [1.82, 2.24) is 14.7 Å². The van der Waals surface area contributed by atoms with Crippen LogP contribution in [0.1, 0.15) is 31.4 Å². The van der Waals surface area contributed by atoms with E-state index in [4.69, 9.17) is 0 Å². The summed E-state index contributed by atoms with van der Waals surface area (Å²) in [4.78, 5) is 9.05. The van der Waals surface area contributed by atoms with Crippen LogP contribution in [0.15, 0.2) is 12.3 Å². The molecular formula is C13H17F3N4O2S. The number of anilines is 1.